The molecule has 0 saturated carbocycles. The van der Waals surface area contributed by atoms with Crippen LogP contribution in [0.2, 0.25) is 0 Å². The highest BCUT2D eigenvalue weighted by molar-refractivity contribution is 7.99. The summed E-state index contributed by atoms with van der Waals surface area (Å²) in [5.41, 5.74) is 3.72. The van der Waals surface area contributed by atoms with E-state index >= 15 is 0 Å². The van der Waals surface area contributed by atoms with E-state index in [1.165, 1.54) is 5.56 Å². The summed E-state index contributed by atoms with van der Waals surface area (Å²) in [5.74, 6) is 0.820. The number of carbonyl (C=O) groups is 1. The van der Waals surface area contributed by atoms with Gasteiger partial charge in [0.2, 0.25) is 5.91 Å². The minimum atomic E-state index is -0.169. The number of rotatable bonds is 9. The van der Waals surface area contributed by atoms with E-state index in [0.717, 1.165) is 50.0 Å². The van der Waals surface area contributed by atoms with E-state index in [0.29, 0.717) is 28.4 Å². The van der Waals surface area contributed by atoms with Crippen LogP contribution >= 0.6 is 11.8 Å². The van der Waals surface area contributed by atoms with Gasteiger partial charge in [-0.2, -0.15) is 5.10 Å². The number of carbonyl (C=O) groups excluding carboxylic acids is 1. The topological polar surface area (TPSA) is 73.0 Å². The molecule has 176 valence electrons. The Hall–Kier alpha value is -2.61. The van der Waals surface area contributed by atoms with Crippen molar-refractivity contribution >= 4 is 28.7 Å². The SMILES string of the molecule is CCCCN(CCCC)C(=O)CC1CSc2nc3c(cnn3-c3ccc(C)c(C)c3)c(=O)n21. The van der Waals surface area contributed by atoms with E-state index in [-0.39, 0.29) is 17.5 Å². The van der Waals surface area contributed by atoms with Crippen molar-refractivity contribution in [2.75, 3.05) is 18.8 Å². The number of hydrogen-bond donors (Lipinski definition) is 0. The molecule has 1 aromatic carbocycles. The smallest absolute Gasteiger partial charge is 0.265 e. The third-order valence-electron chi connectivity index (χ3n) is 6.43. The fourth-order valence-electron chi connectivity index (χ4n) is 4.22. The lowest BCUT2D eigenvalue weighted by Crippen LogP contribution is -2.36. The third kappa shape index (κ3) is 4.71. The maximum absolute atomic E-state index is 13.4. The van der Waals surface area contributed by atoms with E-state index in [1.807, 2.05) is 11.0 Å². The summed E-state index contributed by atoms with van der Waals surface area (Å²) in [5, 5.41) is 5.64. The van der Waals surface area contributed by atoms with Gasteiger partial charge in [-0.15, -0.1) is 0 Å². The Kier molecular flexibility index (Phi) is 7.22. The quantitative estimate of drug-likeness (QED) is 0.428. The van der Waals surface area contributed by atoms with Gasteiger partial charge in [-0.3, -0.25) is 14.2 Å². The second-order valence-electron chi connectivity index (χ2n) is 8.89. The molecule has 0 radical (unpaired) electrons. The second-order valence-corrected chi connectivity index (χ2v) is 9.88. The molecular formula is C25H33N5O2S. The highest BCUT2D eigenvalue weighted by Crippen LogP contribution is 2.34. The lowest BCUT2D eigenvalue weighted by atomic mass is 10.1. The number of aromatic nitrogens is 4. The van der Waals surface area contributed by atoms with E-state index in [4.69, 9.17) is 4.98 Å². The van der Waals surface area contributed by atoms with Gasteiger partial charge in [0.05, 0.1) is 17.9 Å². The number of thioether (sulfide) groups is 1. The first-order chi connectivity index (χ1) is 15.9. The second kappa shape index (κ2) is 10.1. The van der Waals surface area contributed by atoms with Crippen molar-refractivity contribution in [2.45, 2.75) is 71.0 Å². The van der Waals surface area contributed by atoms with Gasteiger partial charge < -0.3 is 4.90 Å². The van der Waals surface area contributed by atoms with Gasteiger partial charge >= 0.3 is 0 Å². The molecule has 1 aliphatic rings. The van der Waals surface area contributed by atoms with Crippen molar-refractivity contribution in [3.8, 4) is 5.69 Å². The first-order valence-electron chi connectivity index (χ1n) is 11.9. The number of aryl methyl sites for hydroxylation is 2. The molecule has 0 saturated heterocycles. The van der Waals surface area contributed by atoms with Crippen LogP contribution in [0.3, 0.4) is 0 Å². The van der Waals surface area contributed by atoms with Crippen molar-refractivity contribution in [1.29, 1.82) is 0 Å². The zero-order valence-corrected chi connectivity index (χ0v) is 20.8. The highest BCUT2D eigenvalue weighted by Gasteiger charge is 2.30. The minimum Gasteiger partial charge on any atom is -0.343 e. The fraction of sp³-hybridized carbons (Fsp3) is 0.520. The van der Waals surface area contributed by atoms with Crippen molar-refractivity contribution in [3.63, 3.8) is 0 Å². The predicted octanol–water partition coefficient (Wildman–Crippen LogP) is 4.66. The van der Waals surface area contributed by atoms with Gasteiger partial charge in [-0.1, -0.05) is 44.5 Å². The van der Waals surface area contributed by atoms with E-state index < -0.39 is 0 Å². The lowest BCUT2D eigenvalue weighted by molar-refractivity contribution is -0.132. The summed E-state index contributed by atoms with van der Waals surface area (Å²) in [6.45, 7) is 9.99. The number of nitrogens with zero attached hydrogens (tertiary/aromatic N) is 5. The van der Waals surface area contributed by atoms with Gasteiger partial charge in [0.15, 0.2) is 10.8 Å². The molecule has 1 unspecified atom stereocenters. The summed E-state index contributed by atoms with van der Waals surface area (Å²) in [7, 11) is 0. The first kappa shape index (κ1) is 23.5. The van der Waals surface area contributed by atoms with Crippen LogP contribution in [0.5, 0.6) is 0 Å². The van der Waals surface area contributed by atoms with Crippen molar-refractivity contribution in [1.82, 2.24) is 24.2 Å². The van der Waals surface area contributed by atoms with Crippen LogP contribution in [-0.2, 0) is 4.79 Å². The molecule has 7 nitrogen and oxygen atoms in total. The van der Waals surface area contributed by atoms with E-state index in [1.54, 1.807) is 27.2 Å². The number of hydrogen-bond acceptors (Lipinski definition) is 5. The van der Waals surface area contributed by atoms with Crippen LogP contribution in [0.1, 0.15) is 63.1 Å². The van der Waals surface area contributed by atoms with Crippen molar-refractivity contribution in [3.05, 3.63) is 45.9 Å². The van der Waals surface area contributed by atoms with E-state index in [9.17, 15) is 9.59 Å². The molecule has 1 amide bonds. The molecule has 0 bridgehead atoms. The standard InChI is InChI=1S/C25H33N5O2S/c1-5-7-11-28(12-8-6-2)22(31)14-20-16-33-25-27-23-21(24(32)29(20)25)15-26-30(23)19-10-9-17(3)18(4)13-19/h9-10,13,15,20H,5-8,11-12,14,16H2,1-4H3. The summed E-state index contributed by atoms with van der Waals surface area (Å²) >= 11 is 1.55. The molecule has 3 aromatic rings. The van der Waals surface area contributed by atoms with Gasteiger partial charge in [-0.25, -0.2) is 9.67 Å². The van der Waals surface area contributed by atoms with Crippen molar-refractivity contribution < 1.29 is 4.79 Å². The Morgan fingerprint density at radius 2 is 1.88 bits per heavy atom. The van der Waals surface area contributed by atoms with Crippen LogP contribution in [0.15, 0.2) is 34.3 Å². The monoisotopic (exact) mass is 467 g/mol. The average molecular weight is 468 g/mol. The summed E-state index contributed by atoms with van der Waals surface area (Å²) in [4.78, 5) is 33.3. The number of benzene rings is 1. The lowest BCUT2D eigenvalue weighted by Gasteiger charge is -2.24. The average Bonchev–Trinajstić information content (AvgIpc) is 3.41. The normalized spacial score (nSPS) is 15.2. The molecule has 0 N–H and O–H groups in total. The van der Waals surface area contributed by atoms with Gasteiger partial charge in [0.1, 0.15) is 5.39 Å². The van der Waals surface area contributed by atoms with Crippen LogP contribution in [-0.4, -0.2) is 49.0 Å². The van der Waals surface area contributed by atoms with Gasteiger partial charge in [-0.05, 0) is 49.9 Å². The number of unbranched alkanes of at least 4 members (excludes halogenated alkanes) is 2. The van der Waals surface area contributed by atoms with Gasteiger partial charge in [0, 0.05) is 25.3 Å². The summed E-state index contributed by atoms with van der Waals surface area (Å²) in [6, 6.07) is 5.94. The van der Waals surface area contributed by atoms with Crippen LogP contribution in [0.4, 0.5) is 0 Å². The Morgan fingerprint density at radius 1 is 1.15 bits per heavy atom. The maximum Gasteiger partial charge on any atom is 0.265 e. The van der Waals surface area contributed by atoms with E-state index in [2.05, 4.69) is 44.9 Å². The molecule has 3 heterocycles. The Bertz CT molecular complexity index is 1210. The molecule has 1 aliphatic heterocycles. The van der Waals surface area contributed by atoms with Gasteiger partial charge in [0.25, 0.3) is 5.56 Å². The molecular weight excluding hydrogens is 434 g/mol. The molecule has 33 heavy (non-hydrogen) atoms. The molecule has 4 rings (SSSR count). The maximum atomic E-state index is 13.4. The Balaban J connectivity index is 1.63. The molecule has 0 aliphatic carbocycles. The molecule has 0 fully saturated rings. The van der Waals surface area contributed by atoms with Crippen LogP contribution in [0, 0.1) is 13.8 Å². The first-order valence-corrected chi connectivity index (χ1v) is 12.9. The molecule has 2 aromatic heterocycles. The minimum absolute atomic E-state index is 0.110. The largest absolute Gasteiger partial charge is 0.343 e. The Morgan fingerprint density at radius 3 is 2.55 bits per heavy atom. The van der Waals surface area contributed by atoms with Crippen LogP contribution in [0.25, 0.3) is 16.7 Å². The summed E-state index contributed by atoms with van der Waals surface area (Å²) in [6.07, 6.45) is 6.07. The molecule has 8 heteroatoms. The zero-order chi connectivity index (χ0) is 23.5. The fourth-order valence-corrected chi connectivity index (χ4v) is 5.35. The van der Waals surface area contributed by atoms with Crippen molar-refractivity contribution in [2.24, 2.45) is 0 Å². The number of amides is 1. The summed E-state index contributed by atoms with van der Waals surface area (Å²) < 4.78 is 3.45. The highest BCUT2D eigenvalue weighted by atomic mass is 32.2. The molecule has 1 atom stereocenters. The third-order valence-corrected chi connectivity index (χ3v) is 7.53. The number of fused-ring (bicyclic) bond motifs is 2. The predicted molar refractivity (Wildman–Crippen MR) is 133 cm³/mol. The van der Waals surface area contributed by atoms with Crippen LogP contribution < -0.4 is 5.56 Å². The Labute approximate surface area is 199 Å². The molecule has 0 spiro atoms. The zero-order valence-electron chi connectivity index (χ0n) is 20.0.